The summed E-state index contributed by atoms with van der Waals surface area (Å²) in [7, 11) is 0. The summed E-state index contributed by atoms with van der Waals surface area (Å²) in [5, 5.41) is 8.38. The molecule has 4 nitrogen and oxygen atoms in total. The molecule has 66 valence electrons. The lowest BCUT2D eigenvalue weighted by Crippen LogP contribution is -2.56. The normalized spacial score (nSPS) is 14.5. The number of carboxylic acid groups (broad SMARTS) is 1. The molecule has 1 unspecified atom stereocenters. The smallest absolute Gasteiger partial charge is 0.338 e. The SMILES string of the molecule is CC(F)CCC(N)(N)C(=O)O. The van der Waals surface area contributed by atoms with Crippen LogP contribution in [0, 0.1) is 0 Å². The number of carboxylic acids is 1. The molecule has 1 atom stereocenters. The van der Waals surface area contributed by atoms with Gasteiger partial charge in [-0.1, -0.05) is 0 Å². The summed E-state index contributed by atoms with van der Waals surface area (Å²) in [5.74, 6) is -1.31. The van der Waals surface area contributed by atoms with Crippen molar-refractivity contribution in [3.63, 3.8) is 0 Å². The molecule has 0 aromatic rings. The third kappa shape index (κ3) is 3.90. The molecule has 0 aliphatic carbocycles. The van der Waals surface area contributed by atoms with Gasteiger partial charge in [0.25, 0.3) is 0 Å². The van der Waals surface area contributed by atoms with Gasteiger partial charge in [-0.3, -0.25) is 0 Å². The third-order valence-corrected chi connectivity index (χ3v) is 1.35. The molecule has 0 fully saturated rings. The van der Waals surface area contributed by atoms with Gasteiger partial charge >= 0.3 is 5.97 Å². The molecule has 5 heteroatoms. The molecule has 0 aliphatic rings. The Morgan fingerprint density at radius 1 is 1.73 bits per heavy atom. The van der Waals surface area contributed by atoms with Gasteiger partial charge in [0.15, 0.2) is 5.66 Å². The minimum Gasteiger partial charge on any atom is -0.479 e. The van der Waals surface area contributed by atoms with E-state index in [1.807, 2.05) is 0 Å². The second kappa shape index (κ2) is 3.64. The van der Waals surface area contributed by atoms with Gasteiger partial charge in [0.2, 0.25) is 0 Å². The zero-order valence-corrected chi connectivity index (χ0v) is 6.38. The van der Waals surface area contributed by atoms with Crippen LogP contribution in [-0.4, -0.2) is 22.9 Å². The summed E-state index contributed by atoms with van der Waals surface area (Å²) in [4.78, 5) is 10.3. The number of aliphatic carboxylic acids is 1. The average Bonchev–Trinajstić information content (AvgIpc) is 1.84. The number of halogens is 1. The van der Waals surface area contributed by atoms with Crippen molar-refractivity contribution in [3.8, 4) is 0 Å². The molecule has 0 heterocycles. The first-order chi connectivity index (χ1) is 4.86. The Bertz CT molecular complexity index is 148. The van der Waals surface area contributed by atoms with Crippen molar-refractivity contribution in [1.82, 2.24) is 0 Å². The number of alkyl halides is 1. The van der Waals surface area contributed by atoms with E-state index in [1.54, 1.807) is 0 Å². The molecule has 0 radical (unpaired) electrons. The van der Waals surface area contributed by atoms with Gasteiger partial charge < -0.3 is 16.6 Å². The van der Waals surface area contributed by atoms with Crippen LogP contribution in [0.1, 0.15) is 19.8 Å². The number of carbonyl (C=O) groups is 1. The van der Waals surface area contributed by atoms with Gasteiger partial charge in [-0.25, -0.2) is 9.18 Å². The van der Waals surface area contributed by atoms with E-state index in [1.165, 1.54) is 6.92 Å². The zero-order valence-electron chi connectivity index (χ0n) is 6.38. The fraction of sp³-hybridized carbons (Fsp3) is 0.833. The molecule has 11 heavy (non-hydrogen) atoms. The van der Waals surface area contributed by atoms with Crippen molar-refractivity contribution < 1.29 is 14.3 Å². The predicted octanol–water partition coefficient (Wildman–Crippen LogP) is -0.177. The zero-order chi connectivity index (χ0) is 9.07. The highest BCUT2D eigenvalue weighted by Gasteiger charge is 2.28. The van der Waals surface area contributed by atoms with Crippen LogP contribution in [-0.2, 0) is 4.79 Å². The van der Waals surface area contributed by atoms with E-state index in [-0.39, 0.29) is 12.8 Å². The Kier molecular flexibility index (Phi) is 3.41. The van der Waals surface area contributed by atoms with Crippen molar-refractivity contribution in [2.75, 3.05) is 0 Å². The summed E-state index contributed by atoms with van der Waals surface area (Å²) < 4.78 is 12.2. The molecule has 0 amide bonds. The van der Waals surface area contributed by atoms with E-state index >= 15 is 0 Å². The van der Waals surface area contributed by atoms with Crippen LogP contribution in [0.15, 0.2) is 0 Å². The fourth-order valence-electron chi connectivity index (χ4n) is 0.545. The largest absolute Gasteiger partial charge is 0.479 e. The summed E-state index contributed by atoms with van der Waals surface area (Å²) in [5.41, 5.74) is 8.45. The first-order valence-electron chi connectivity index (χ1n) is 3.31. The number of nitrogens with two attached hydrogens (primary N) is 2. The van der Waals surface area contributed by atoms with Gasteiger partial charge in [-0.15, -0.1) is 0 Å². The van der Waals surface area contributed by atoms with Crippen LogP contribution in [0.4, 0.5) is 4.39 Å². The maximum absolute atomic E-state index is 12.2. The van der Waals surface area contributed by atoms with Crippen LogP contribution in [0.25, 0.3) is 0 Å². The Balaban J connectivity index is 3.83. The lowest BCUT2D eigenvalue weighted by Gasteiger charge is -2.18. The number of hydrogen-bond donors (Lipinski definition) is 3. The summed E-state index contributed by atoms with van der Waals surface area (Å²) in [6.07, 6.45) is -1.06. The van der Waals surface area contributed by atoms with E-state index in [2.05, 4.69) is 0 Å². The molecule has 0 bridgehead atoms. The Morgan fingerprint density at radius 2 is 2.18 bits per heavy atom. The highest BCUT2D eigenvalue weighted by atomic mass is 19.1. The molecule has 5 N–H and O–H groups in total. The minimum absolute atomic E-state index is 0.0556. The average molecular weight is 164 g/mol. The van der Waals surface area contributed by atoms with Crippen molar-refractivity contribution >= 4 is 5.97 Å². The lowest BCUT2D eigenvalue weighted by molar-refractivity contribution is -0.143. The van der Waals surface area contributed by atoms with Crippen LogP contribution >= 0.6 is 0 Å². The highest BCUT2D eigenvalue weighted by molar-refractivity contribution is 5.77. The molecular formula is C6H13FN2O2. The van der Waals surface area contributed by atoms with Gasteiger partial charge in [0.1, 0.15) is 0 Å². The van der Waals surface area contributed by atoms with E-state index in [0.717, 1.165) is 0 Å². The lowest BCUT2D eigenvalue weighted by atomic mass is 10.0. The van der Waals surface area contributed by atoms with E-state index < -0.39 is 17.8 Å². The van der Waals surface area contributed by atoms with Gasteiger partial charge in [0, 0.05) is 0 Å². The van der Waals surface area contributed by atoms with E-state index in [9.17, 15) is 9.18 Å². The topological polar surface area (TPSA) is 89.3 Å². The van der Waals surface area contributed by atoms with Gasteiger partial charge in [0.05, 0.1) is 6.17 Å². The van der Waals surface area contributed by atoms with Crippen molar-refractivity contribution in [3.05, 3.63) is 0 Å². The quantitative estimate of drug-likeness (QED) is 0.503. The molecule has 0 spiro atoms. The fourth-order valence-corrected chi connectivity index (χ4v) is 0.545. The molecule has 0 saturated carbocycles. The third-order valence-electron chi connectivity index (χ3n) is 1.35. The first kappa shape index (κ1) is 10.3. The first-order valence-corrected chi connectivity index (χ1v) is 3.31. The van der Waals surface area contributed by atoms with Crippen LogP contribution in [0.5, 0.6) is 0 Å². The maximum atomic E-state index is 12.2. The standard InChI is InChI=1S/C6H13FN2O2/c1-4(7)2-3-6(8,9)5(10)11/h4H,2-3,8-9H2,1H3,(H,10,11). The van der Waals surface area contributed by atoms with Crippen LogP contribution in [0.3, 0.4) is 0 Å². The van der Waals surface area contributed by atoms with Gasteiger partial charge in [-0.05, 0) is 19.8 Å². The van der Waals surface area contributed by atoms with Gasteiger partial charge in [-0.2, -0.15) is 0 Å². The number of rotatable bonds is 4. The molecule has 0 aromatic heterocycles. The highest BCUT2D eigenvalue weighted by Crippen LogP contribution is 2.07. The Morgan fingerprint density at radius 3 is 2.45 bits per heavy atom. The van der Waals surface area contributed by atoms with Crippen molar-refractivity contribution in [1.29, 1.82) is 0 Å². The maximum Gasteiger partial charge on any atom is 0.338 e. The summed E-state index contributed by atoms with van der Waals surface area (Å²) in [6, 6.07) is 0. The second-order valence-electron chi connectivity index (χ2n) is 2.66. The second-order valence-corrected chi connectivity index (χ2v) is 2.66. The van der Waals surface area contributed by atoms with Crippen LogP contribution in [0.2, 0.25) is 0 Å². The van der Waals surface area contributed by atoms with Crippen molar-refractivity contribution in [2.24, 2.45) is 11.5 Å². The number of hydrogen-bond acceptors (Lipinski definition) is 3. The molecule has 0 aliphatic heterocycles. The molecule has 0 aromatic carbocycles. The van der Waals surface area contributed by atoms with Crippen LogP contribution < -0.4 is 11.5 Å². The van der Waals surface area contributed by atoms with E-state index in [4.69, 9.17) is 16.6 Å². The molecule has 0 saturated heterocycles. The summed E-state index contributed by atoms with van der Waals surface area (Å²) >= 11 is 0. The Hall–Kier alpha value is -0.680. The predicted molar refractivity (Wildman–Crippen MR) is 38.5 cm³/mol. The molecule has 0 rings (SSSR count). The molecular weight excluding hydrogens is 151 g/mol. The monoisotopic (exact) mass is 164 g/mol. The summed E-state index contributed by atoms with van der Waals surface area (Å²) in [6.45, 7) is 1.33. The van der Waals surface area contributed by atoms with E-state index in [0.29, 0.717) is 0 Å². The van der Waals surface area contributed by atoms with Crippen molar-refractivity contribution in [2.45, 2.75) is 31.6 Å². The Labute approximate surface area is 64.4 Å². The minimum atomic E-state index is -1.79.